The molecule has 2 aromatic rings. The average molecular weight is 340 g/mol. The molecule has 1 aromatic heterocycles. The average Bonchev–Trinajstić information content (AvgIpc) is 2.84. The number of methoxy groups -OCH3 is 1. The summed E-state index contributed by atoms with van der Waals surface area (Å²) in [4.78, 5) is 11.4. The zero-order chi connectivity index (χ0) is 17.4. The molecule has 0 radical (unpaired) electrons. The molecule has 0 bridgehead atoms. The van der Waals surface area contributed by atoms with Crippen LogP contribution in [0.4, 0.5) is 5.69 Å². The van der Waals surface area contributed by atoms with Crippen LogP contribution in [0.25, 0.3) is 0 Å². The highest BCUT2D eigenvalue weighted by Gasteiger charge is 2.28. The summed E-state index contributed by atoms with van der Waals surface area (Å²) in [5, 5.41) is 13.4. The molecule has 0 aliphatic heterocycles. The lowest BCUT2D eigenvalue weighted by Crippen LogP contribution is -2.27. The SMILES string of the molecule is COC(=O)c1cc(S(=O)(=O)N(C)c2c(C)noc2C)ccc1O. The quantitative estimate of drug-likeness (QED) is 0.842. The van der Waals surface area contributed by atoms with Crippen LogP contribution in [0.2, 0.25) is 0 Å². The number of hydrogen-bond donors (Lipinski definition) is 1. The van der Waals surface area contributed by atoms with Crippen LogP contribution in [0, 0.1) is 13.8 Å². The third-order valence-corrected chi connectivity index (χ3v) is 5.10. The Morgan fingerprint density at radius 1 is 1.35 bits per heavy atom. The molecular formula is C14H16N2O6S. The predicted molar refractivity (Wildman–Crippen MR) is 81.0 cm³/mol. The van der Waals surface area contributed by atoms with Crippen molar-refractivity contribution in [1.29, 1.82) is 0 Å². The van der Waals surface area contributed by atoms with Crippen molar-refractivity contribution >= 4 is 21.7 Å². The summed E-state index contributed by atoms with van der Waals surface area (Å²) in [6, 6.07) is 3.39. The normalized spacial score (nSPS) is 11.3. The predicted octanol–water partition coefficient (Wildman–Crippen LogP) is 1.61. The van der Waals surface area contributed by atoms with Gasteiger partial charge in [0, 0.05) is 7.05 Å². The third-order valence-electron chi connectivity index (χ3n) is 3.34. The van der Waals surface area contributed by atoms with E-state index in [1.54, 1.807) is 13.8 Å². The van der Waals surface area contributed by atoms with E-state index in [1.807, 2.05) is 0 Å². The van der Waals surface area contributed by atoms with Gasteiger partial charge in [-0.05, 0) is 32.0 Å². The van der Waals surface area contributed by atoms with Crippen LogP contribution in [0.3, 0.4) is 0 Å². The van der Waals surface area contributed by atoms with Gasteiger partial charge in [-0.15, -0.1) is 0 Å². The number of aromatic nitrogens is 1. The molecule has 0 atom stereocenters. The van der Waals surface area contributed by atoms with E-state index in [0.717, 1.165) is 23.5 Å². The number of esters is 1. The number of phenolic OH excluding ortho intramolecular Hbond substituents is 1. The highest BCUT2D eigenvalue weighted by atomic mass is 32.2. The number of nitrogens with zero attached hydrogens (tertiary/aromatic N) is 2. The van der Waals surface area contributed by atoms with Crippen molar-refractivity contribution in [2.45, 2.75) is 18.7 Å². The van der Waals surface area contributed by atoms with Gasteiger partial charge in [0.2, 0.25) is 0 Å². The molecule has 0 amide bonds. The standard InChI is InChI=1S/C14H16N2O6S/c1-8-13(9(2)22-15-8)16(3)23(19,20)10-5-6-12(17)11(7-10)14(18)21-4/h5-7,17H,1-4H3. The molecule has 1 aromatic carbocycles. The van der Waals surface area contributed by atoms with Crippen molar-refractivity contribution in [3.05, 3.63) is 35.2 Å². The number of carbonyl (C=O) groups is 1. The number of rotatable bonds is 4. The largest absolute Gasteiger partial charge is 0.507 e. The molecule has 9 heteroatoms. The van der Waals surface area contributed by atoms with Crippen LogP contribution >= 0.6 is 0 Å². The first kappa shape index (κ1) is 16.8. The molecule has 0 aliphatic rings. The Morgan fingerprint density at radius 3 is 2.52 bits per heavy atom. The maximum atomic E-state index is 12.7. The summed E-state index contributed by atoms with van der Waals surface area (Å²) >= 11 is 0. The topological polar surface area (TPSA) is 110 Å². The van der Waals surface area contributed by atoms with Crippen LogP contribution < -0.4 is 4.31 Å². The number of carbonyl (C=O) groups excluding carboxylic acids is 1. The van der Waals surface area contributed by atoms with E-state index in [1.165, 1.54) is 13.1 Å². The van der Waals surface area contributed by atoms with Gasteiger partial charge in [-0.1, -0.05) is 5.16 Å². The molecule has 2 rings (SSSR count). The highest BCUT2D eigenvalue weighted by Crippen LogP contribution is 2.30. The van der Waals surface area contributed by atoms with Crippen LogP contribution in [-0.4, -0.2) is 38.8 Å². The van der Waals surface area contributed by atoms with Crippen molar-refractivity contribution in [1.82, 2.24) is 5.16 Å². The molecule has 1 N–H and O–H groups in total. The lowest BCUT2D eigenvalue weighted by Gasteiger charge is -2.19. The second kappa shape index (κ2) is 5.92. The molecule has 8 nitrogen and oxygen atoms in total. The summed E-state index contributed by atoms with van der Waals surface area (Å²) < 4.78 is 36.0. The molecule has 0 aliphatic carbocycles. The Labute approximate surface area is 133 Å². The number of hydrogen-bond acceptors (Lipinski definition) is 7. The highest BCUT2D eigenvalue weighted by molar-refractivity contribution is 7.92. The second-order valence-electron chi connectivity index (χ2n) is 4.82. The minimum atomic E-state index is -3.97. The molecule has 0 fully saturated rings. The van der Waals surface area contributed by atoms with Crippen LogP contribution in [0.15, 0.2) is 27.6 Å². The van der Waals surface area contributed by atoms with Crippen molar-refractivity contribution in [2.75, 3.05) is 18.5 Å². The van der Waals surface area contributed by atoms with E-state index in [0.29, 0.717) is 17.1 Å². The fraction of sp³-hybridized carbons (Fsp3) is 0.286. The molecule has 0 unspecified atom stereocenters. The molecule has 0 saturated heterocycles. The van der Waals surface area contributed by atoms with Gasteiger partial charge in [0.1, 0.15) is 22.7 Å². The smallest absolute Gasteiger partial charge is 0.341 e. The van der Waals surface area contributed by atoms with Crippen molar-refractivity contribution in [3.63, 3.8) is 0 Å². The van der Waals surface area contributed by atoms with Gasteiger partial charge in [0.25, 0.3) is 10.0 Å². The summed E-state index contributed by atoms with van der Waals surface area (Å²) in [6.07, 6.45) is 0. The van der Waals surface area contributed by atoms with Crippen molar-refractivity contribution in [3.8, 4) is 5.75 Å². The minimum absolute atomic E-state index is 0.168. The number of sulfonamides is 1. The molecule has 0 saturated carbocycles. The van der Waals surface area contributed by atoms with Gasteiger partial charge in [-0.25, -0.2) is 13.2 Å². The van der Waals surface area contributed by atoms with Gasteiger partial charge in [0.05, 0.1) is 12.0 Å². The van der Waals surface area contributed by atoms with Crippen molar-refractivity contribution in [2.24, 2.45) is 0 Å². The van der Waals surface area contributed by atoms with Crippen LogP contribution in [-0.2, 0) is 14.8 Å². The fourth-order valence-corrected chi connectivity index (χ4v) is 3.48. The molecule has 23 heavy (non-hydrogen) atoms. The number of aromatic hydroxyl groups is 1. The molecule has 1 heterocycles. The summed E-state index contributed by atoms with van der Waals surface area (Å²) in [6.45, 7) is 3.21. The van der Waals surface area contributed by atoms with E-state index in [4.69, 9.17) is 4.52 Å². The van der Waals surface area contributed by atoms with Crippen LogP contribution in [0.1, 0.15) is 21.8 Å². The summed E-state index contributed by atoms with van der Waals surface area (Å²) in [5.41, 5.74) is 0.499. The van der Waals surface area contributed by atoms with E-state index in [2.05, 4.69) is 9.89 Å². The van der Waals surface area contributed by atoms with Gasteiger partial charge in [-0.3, -0.25) is 4.31 Å². The van der Waals surface area contributed by atoms with Crippen LogP contribution in [0.5, 0.6) is 5.75 Å². The van der Waals surface area contributed by atoms with E-state index in [9.17, 15) is 18.3 Å². The third kappa shape index (κ3) is 2.87. The first-order valence-electron chi connectivity index (χ1n) is 6.53. The minimum Gasteiger partial charge on any atom is -0.507 e. The Bertz CT molecular complexity index is 837. The number of aryl methyl sites for hydroxylation is 2. The number of anilines is 1. The lowest BCUT2D eigenvalue weighted by molar-refractivity contribution is 0.0597. The number of phenols is 1. The Hall–Kier alpha value is -2.55. The second-order valence-corrected chi connectivity index (χ2v) is 6.79. The zero-order valence-corrected chi connectivity index (χ0v) is 13.8. The molecular weight excluding hydrogens is 324 g/mol. The van der Waals surface area contributed by atoms with Gasteiger partial charge < -0.3 is 14.4 Å². The van der Waals surface area contributed by atoms with E-state index >= 15 is 0 Å². The molecule has 124 valence electrons. The Balaban J connectivity index is 2.54. The van der Waals surface area contributed by atoms with Gasteiger partial charge in [0.15, 0.2) is 5.76 Å². The molecule has 0 spiro atoms. The first-order chi connectivity index (χ1) is 10.7. The monoisotopic (exact) mass is 340 g/mol. The Morgan fingerprint density at radius 2 is 2.00 bits per heavy atom. The number of benzene rings is 1. The maximum absolute atomic E-state index is 12.7. The van der Waals surface area contributed by atoms with Gasteiger partial charge >= 0.3 is 5.97 Å². The lowest BCUT2D eigenvalue weighted by atomic mass is 10.2. The van der Waals surface area contributed by atoms with Gasteiger partial charge in [-0.2, -0.15) is 0 Å². The summed E-state index contributed by atoms with van der Waals surface area (Å²) in [7, 11) is -1.48. The first-order valence-corrected chi connectivity index (χ1v) is 7.97. The van der Waals surface area contributed by atoms with Crippen molar-refractivity contribution < 1.29 is 27.6 Å². The fourth-order valence-electron chi connectivity index (χ4n) is 2.16. The zero-order valence-electron chi connectivity index (χ0n) is 13.0. The summed E-state index contributed by atoms with van der Waals surface area (Å²) in [5.74, 6) is -0.851. The maximum Gasteiger partial charge on any atom is 0.341 e. The number of ether oxygens (including phenoxy) is 1. The van der Waals surface area contributed by atoms with E-state index < -0.39 is 16.0 Å². The Kier molecular flexibility index (Phi) is 4.33. The van der Waals surface area contributed by atoms with E-state index in [-0.39, 0.29) is 16.2 Å².